The van der Waals surface area contributed by atoms with Gasteiger partial charge in [0, 0.05) is 5.38 Å². The van der Waals surface area contributed by atoms with Gasteiger partial charge in [-0.3, -0.25) is 0 Å². The van der Waals surface area contributed by atoms with E-state index in [1.54, 1.807) is 0 Å². The van der Waals surface area contributed by atoms with E-state index < -0.39 is 0 Å². The number of rotatable bonds is 15. The quantitative estimate of drug-likeness (QED) is 0.295. The zero-order chi connectivity index (χ0) is 17.7. The maximum absolute atomic E-state index is 2.60. The highest BCUT2D eigenvalue weighted by atomic mass is 79.9. The zero-order valence-electron chi connectivity index (χ0n) is 17.3. The molecule has 0 bridgehead atoms. The van der Waals surface area contributed by atoms with E-state index in [9.17, 15) is 0 Å². The minimum Gasteiger partial charge on any atom is -1.00 e. The van der Waals surface area contributed by atoms with Crippen LogP contribution in [-0.4, -0.2) is 13.1 Å². The van der Waals surface area contributed by atoms with Crippen molar-refractivity contribution in [3.8, 4) is 0 Å². The average molecular weight is 446 g/mol. The van der Waals surface area contributed by atoms with Gasteiger partial charge in [-0.1, -0.05) is 95.3 Å². The van der Waals surface area contributed by atoms with Gasteiger partial charge in [0.25, 0.3) is 0 Å². The molecule has 0 saturated heterocycles. The third-order valence-corrected chi connectivity index (χ3v) is 6.79. The molecule has 1 aliphatic rings. The van der Waals surface area contributed by atoms with E-state index in [1.165, 1.54) is 120 Å². The Labute approximate surface area is 177 Å². The van der Waals surface area contributed by atoms with Crippen LogP contribution in [0.4, 0.5) is 5.13 Å². The molecule has 2 rings (SSSR count). The summed E-state index contributed by atoms with van der Waals surface area (Å²) < 4.78 is 2.48. The van der Waals surface area contributed by atoms with E-state index in [2.05, 4.69) is 28.7 Å². The lowest BCUT2D eigenvalue weighted by molar-refractivity contribution is -0.673. The van der Waals surface area contributed by atoms with Gasteiger partial charge in [0.15, 0.2) is 0 Å². The highest BCUT2D eigenvalue weighted by Crippen LogP contribution is 2.23. The van der Waals surface area contributed by atoms with E-state index in [-0.39, 0.29) is 17.0 Å². The lowest BCUT2D eigenvalue weighted by Gasteiger charge is -2.08. The first-order valence-corrected chi connectivity index (χ1v) is 11.9. The van der Waals surface area contributed by atoms with Crippen molar-refractivity contribution in [1.82, 2.24) is 0 Å². The van der Waals surface area contributed by atoms with Crippen LogP contribution in [0.1, 0.15) is 103 Å². The third kappa shape index (κ3) is 8.73. The van der Waals surface area contributed by atoms with Crippen LogP contribution in [0.25, 0.3) is 0 Å². The van der Waals surface area contributed by atoms with Crippen molar-refractivity contribution >= 4 is 16.5 Å². The highest BCUT2D eigenvalue weighted by Gasteiger charge is 2.29. The molecule has 0 N–H and O–H groups in total. The van der Waals surface area contributed by atoms with Crippen LogP contribution in [0.2, 0.25) is 0 Å². The molecule has 0 aromatic carbocycles. The number of unbranched alkanes of at least 4 members (excludes halogenated alkanes) is 13. The summed E-state index contributed by atoms with van der Waals surface area (Å²) >= 11 is 1.92. The van der Waals surface area contributed by atoms with Gasteiger partial charge in [-0.25, -0.2) is 9.47 Å². The lowest BCUT2D eigenvalue weighted by atomic mass is 10.0. The molecule has 0 atom stereocenters. The fourth-order valence-corrected chi connectivity index (χ4v) is 5.05. The van der Waals surface area contributed by atoms with E-state index >= 15 is 0 Å². The molecule has 1 aromatic heterocycles. The predicted octanol–water partition coefficient (Wildman–Crippen LogP) is 3.65. The monoisotopic (exact) mass is 444 g/mol. The number of aromatic nitrogens is 1. The number of aryl methyl sites for hydroxylation is 1. The molecular weight excluding hydrogens is 404 g/mol. The second kappa shape index (κ2) is 14.9. The Morgan fingerprint density at radius 2 is 1.35 bits per heavy atom. The zero-order valence-corrected chi connectivity index (χ0v) is 19.7. The Kier molecular flexibility index (Phi) is 13.7. The number of anilines is 1. The predicted molar refractivity (Wildman–Crippen MR) is 112 cm³/mol. The van der Waals surface area contributed by atoms with Crippen LogP contribution >= 0.6 is 11.3 Å². The summed E-state index contributed by atoms with van der Waals surface area (Å²) in [5.41, 5.74) is 1.43. The van der Waals surface area contributed by atoms with Crippen LogP contribution in [0, 0.1) is 6.92 Å². The number of nitrogens with zero attached hydrogens (tertiary/aromatic N) is 2. The van der Waals surface area contributed by atoms with E-state index in [1.807, 2.05) is 11.3 Å². The molecule has 26 heavy (non-hydrogen) atoms. The largest absolute Gasteiger partial charge is 1.00 e. The van der Waals surface area contributed by atoms with Gasteiger partial charge in [-0.2, -0.15) is 0 Å². The molecule has 152 valence electrons. The molecule has 1 aliphatic heterocycles. The number of thiazole rings is 1. The second-order valence-corrected chi connectivity index (χ2v) is 8.73. The fourth-order valence-electron chi connectivity index (χ4n) is 3.95. The number of hydrogen-bond donors (Lipinski definition) is 0. The fraction of sp³-hybridized carbons (Fsp3) is 0.864. The molecule has 4 heteroatoms. The third-order valence-electron chi connectivity index (χ3n) is 5.64. The topological polar surface area (TPSA) is 7.12 Å². The van der Waals surface area contributed by atoms with Crippen molar-refractivity contribution in [2.75, 3.05) is 18.0 Å². The van der Waals surface area contributed by atoms with Crippen LogP contribution < -0.4 is 26.4 Å². The first kappa shape index (κ1) is 23.9. The minimum atomic E-state index is 0. The van der Waals surface area contributed by atoms with Crippen molar-refractivity contribution in [1.29, 1.82) is 0 Å². The van der Waals surface area contributed by atoms with Crippen LogP contribution in [0.5, 0.6) is 0 Å². The Hall–Kier alpha value is -0.0900. The Morgan fingerprint density at radius 1 is 0.846 bits per heavy atom. The van der Waals surface area contributed by atoms with Crippen LogP contribution in [0.3, 0.4) is 0 Å². The SMILES string of the molecule is CCCCCCCCCCCCCCCCN1CC[n+]2c(C)csc21.[Br-]. The first-order chi connectivity index (χ1) is 12.3. The standard InChI is InChI=1S/C22H41N2S.BrH/c1-3-4-5-6-7-8-9-10-11-12-13-14-15-16-17-23-18-19-24-21(2)20-25-22(23)24;/h20H,3-19H2,1-2H3;1H/q+1;/p-1. The number of hydrogen-bond acceptors (Lipinski definition) is 2. The maximum Gasteiger partial charge on any atom is 0.336 e. The molecule has 0 radical (unpaired) electrons. The normalized spacial score (nSPS) is 13.1. The summed E-state index contributed by atoms with van der Waals surface area (Å²) in [6.07, 6.45) is 20.2. The van der Waals surface area contributed by atoms with Crippen LogP contribution in [0.15, 0.2) is 5.38 Å². The minimum absolute atomic E-state index is 0. The van der Waals surface area contributed by atoms with Crippen molar-refractivity contribution < 1.29 is 21.5 Å². The van der Waals surface area contributed by atoms with Crippen molar-refractivity contribution in [2.24, 2.45) is 0 Å². The van der Waals surface area contributed by atoms with E-state index in [0.29, 0.717) is 0 Å². The Morgan fingerprint density at radius 3 is 1.88 bits per heavy atom. The van der Waals surface area contributed by atoms with Gasteiger partial charge in [-0.05, 0) is 19.8 Å². The summed E-state index contributed by atoms with van der Waals surface area (Å²) in [4.78, 5) is 2.60. The second-order valence-electron chi connectivity index (χ2n) is 7.89. The summed E-state index contributed by atoms with van der Waals surface area (Å²) in [6, 6.07) is 0. The van der Waals surface area contributed by atoms with Gasteiger partial charge in [-0.15, -0.1) is 0 Å². The first-order valence-electron chi connectivity index (χ1n) is 11.1. The van der Waals surface area contributed by atoms with Crippen molar-refractivity contribution in [3.63, 3.8) is 0 Å². The van der Waals surface area contributed by atoms with Crippen molar-refractivity contribution in [2.45, 2.75) is 110 Å². The highest BCUT2D eigenvalue weighted by molar-refractivity contribution is 7.13. The molecule has 0 unspecified atom stereocenters. The van der Waals surface area contributed by atoms with Gasteiger partial charge < -0.3 is 17.0 Å². The molecule has 0 saturated carbocycles. The van der Waals surface area contributed by atoms with Gasteiger partial charge in [0.05, 0.1) is 6.54 Å². The number of halogens is 1. The van der Waals surface area contributed by atoms with E-state index in [4.69, 9.17) is 0 Å². The molecule has 2 heterocycles. The smallest absolute Gasteiger partial charge is 0.336 e. The number of fused-ring (bicyclic) bond motifs is 1. The molecule has 0 fully saturated rings. The summed E-state index contributed by atoms with van der Waals surface area (Å²) in [6.45, 7) is 8.22. The van der Waals surface area contributed by atoms with Gasteiger partial charge in [0.1, 0.15) is 18.8 Å². The van der Waals surface area contributed by atoms with E-state index in [0.717, 1.165) is 0 Å². The molecular formula is C22H41BrN2S. The van der Waals surface area contributed by atoms with Gasteiger partial charge >= 0.3 is 5.13 Å². The molecule has 0 aliphatic carbocycles. The Bertz CT molecular complexity index is 461. The summed E-state index contributed by atoms with van der Waals surface area (Å²) in [5.74, 6) is 0. The molecule has 0 amide bonds. The Balaban J connectivity index is 0.00000338. The molecule has 0 spiro atoms. The molecule has 2 nitrogen and oxygen atoms in total. The summed E-state index contributed by atoms with van der Waals surface area (Å²) in [7, 11) is 0. The van der Waals surface area contributed by atoms with Gasteiger partial charge in [0.2, 0.25) is 0 Å². The van der Waals surface area contributed by atoms with Crippen LogP contribution in [-0.2, 0) is 6.54 Å². The van der Waals surface area contributed by atoms with Crippen molar-refractivity contribution in [3.05, 3.63) is 11.1 Å². The average Bonchev–Trinajstić information content (AvgIpc) is 3.19. The molecule has 1 aromatic rings. The summed E-state index contributed by atoms with van der Waals surface area (Å²) in [5, 5.41) is 3.79. The maximum atomic E-state index is 2.60. The lowest BCUT2D eigenvalue weighted by Crippen LogP contribution is -3.00.